The lowest BCUT2D eigenvalue weighted by Gasteiger charge is -2.40. The Labute approximate surface area is 158 Å². The summed E-state index contributed by atoms with van der Waals surface area (Å²) in [5, 5.41) is 11.2. The second-order valence-electron chi connectivity index (χ2n) is 7.06. The summed E-state index contributed by atoms with van der Waals surface area (Å²) in [4.78, 5) is 14.4. The van der Waals surface area contributed by atoms with Crippen molar-refractivity contribution < 1.29 is 14.3 Å². The summed E-state index contributed by atoms with van der Waals surface area (Å²) >= 11 is 0. The van der Waals surface area contributed by atoms with Gasteiger partial charge in [-0.2, -0.15) is 0 Å². The first-order valence-electron chi connectivity index (χ1n) is 9.35. The van der Waals surface area contributed by atoms with E-state index in [0.29, 0.717) is 19.7 Å². The van der Waals surface area contributed by atoms with E-state index < -0.39 is 0 Å². The molecule has 2 aliphatic heterocycles. The fraction of sp³-hybridized carbons (Fsp3) is 0.526. The number of carbonyl (C=O) groups excluding carboxylic acids is 1. The molecule has 0 spiro atoms. The van der Waals surface area contributed by atoms with E-state index in [1.165, 1.54) is 5.56 Å². The predicted molar refractivity (Wildman–Crippen MR) is 98.4 cm³/mol. The van der Waals surface area contributed by atoms with Gasteiger partial charge in [0.2, 0.25) is 5.91 Å². The van der Waals surface area contributed by atoms with Gasteiger partial charge in [0, 0.05) is 19.6 Å². The Balaban J connectivity index is 1.21. The largest absolute Gasteiger partial charge is 0.497 e. The zero-order chi connectivity index (χ0) is 18.6. The number of rotatable bonds is 6. The molecule has 1 N–H and O–H groups in total. The first kappa shape index (κ1) is 17.9. The second-order valence-corrected chi connectivity index (χ2v) is 7.06. The molecule has 0 aliphatic carbocycles. The lowest BCUT2D eigenvalue weighted by molar-refractivity contribution is -0.124. The highest BCUT2D eigenvalue weighted by molar-refractivity contribution is 5.78. The molecule has 2 aromatic rings. The third kappa shape index (κ3) is 4.12. The SMILES string of the molecule is COc1ccc(CCNC(=O)CN2CC[C@@H]3[C@@H](C2)OCc2cnnn23)cc1. The molecule has 0 bridgehead atoms. The van der Waals surface area contributed by atoms with Crippen molar-refractivity contribution >= 4 is 5.91 Å². The van der Waals surface area contributed by atoms with E-state index in [4.69, 9.17) is 9.47 Å². The Morgan fingerprint density at radius 1 is 1.37 bits per heavy atom. The van der Waals surface area contributed by atoms with Crippen LogP contribution in [0.5, 0.6) is 5.75 Å². The Kier molecular flexibility index (Phi) is 5.35. The first-order valence-corrected chi connectivity index (χ1v) is 9.35. The molecule has 1 fully saturated rings. The van der Waals surface area contributed by atoms with Crippen LogP contribution in [0.1, 0.15) is 23.7 Å². The highest BCUT2D eigenvalue weighted by Gasteiger charge is 2.36. The summed E-state index contributed by atoms with van der Waals surface area (Å²) in [5.41, 5.74) is 2.21. The average molecular weight is 371 g/mol. The van der Waals surface area contributed by atoms with Crippen molar-refractivity contribution in [3.63, 3.8) is 0 Å². The molecular weight excluding hydrogens is 346 g/mol. The summed E-state index contributed by atoms with van der Waals surface area (Å²) in [6.07, 6.45) is 3.55. The minimum absolute atomic E-state index is 0.0548. The number of hydrogen-bond acceptors (Lipinski definition) is 6. The van der Waals surface area contributed by atoms with Gasteiger partial charge in [-0.05, 0) is 30.5 Å². The van der Waals surface area contributed by atoms with Crippen LogP contribution in [-0.2, 0) is 22.6 Å². The van der Waals surface area contributed by atoms with Crippen molar-refractivity contribution in [1.29, 1.82) is 0 Å². The molecular formula is C19H25N5O3. The Bertz CT molecular complexity index is 776. The van der Waals surface area contributed by atoms with Crippen LogP contribution in [0.2, 0.25) is 0 Å². The van der Waals surface area contributed by atoms with E-state index in [9.17, 15) is 4.79 Å². The topological polar surface area (TPSA) is 81.5 Å². The van der Waals surface area contributed by atoms with Crippen molar-refractivity contribution in [1.82, 2.24) is 25.2 Å². The number of amides is 1. The molecule has 144 valence electrons. The van der Waals surface area contributed by atoms with Gasteiger partial charge in [0.15, 0.2) is 0 Å². The lowest BCUT2D eigenvalue weighted by atomic mass is 10.0. The fourth-order valence-corrected chi connectivity index (χ4v) is 3.79. The zero-order valence-electron chi connectivity index (χ0n) is 15.5. The van der Waals surface area contributed by atoms with E-state index in [0.717, 1.165) is 37.4 Å². The number of nitrogens with one attached hydrogen (secondary N) is 1. The number of benzene rings is 1. The van der Waals surface area contributed by atoms with E-state index >= 15 is 0 Å². The number of likely N-dealkylation sites (tertiary alicyclic amines) is 1. The summed E-state index contributed by atoms with van der Waals surface area (Å²) in [6, 6.07) is 8.15. The molecule has 1 saturated heterocycles. The number of hydrogen-bond donors (Lipinski definition) is 1. The van der Waals surface area contributed by atoms with Gasteiger partial charge < -0.3 is 14.8 Å². The van der Waals surface area contributed by atoms with E-state index in [-0.39, 0.29) is 18.1 Å². The van der Waals surface area contributed by atoms with Gasteiger partial charge in [0.25, 0.3) is 0 Å². The van der Waals surface area contributed by atoms with Crippen molar-refractivity contribution in [3.8, 4) is 5.75 Å². The molecule has 4 rings (SSSR count). The van der Waals surface area contributed by atoms with Crippen LogP contribution in [0, 0.1) is 0 Å². The fourth-order valence-electron chi connectivity index (χ4n) is 3.79. The van der Waals surface area contributed by atoms with Gasteiger partial charge in [-0.25, -0.2) is 4.68 Å². The molecule has 1 aromatic carbocycles. The molecule has 8 nitrogen and oxygen atoms in total. The van der Waals surface area contributed by atoms with Crippen molar-refractivity contribution in [2.24, 2.45) is 0 Å². The smallest absolute Gasteiger partial charge is 0.234 e. The number of piperidine rings is 1. The summed E-state index contributed by atoms with van der Waals surface area (Å²) < 4.78 is 13.1. The molecule has 2 aliphatic rings. The number of carbonyl (C=O) groups is 1. The standard InChI is InChI=1S/C19H25N5O3/c1-26-16-4-2-14(3-5-16)6-8-20-19(25)12-23-9-7-17-18(11-23)27-13-15-10-21-22-24(15)17/h2-5,10,17-18H,6-9,11-13H2,1H3,(H,20,25)/t17-,18-/m1/s1. The monoisotopic (exact) mass is 371 g/mol. The zero-order valence-corrected chi connectivity index (χ0v) is 15.5. The van der Waals surface area contributed by atoms with Crippen LogP contribution in [0.25, 0.3) is 0 Å². The third-order valence-electron chi connectivity index (χ3n) is 5.28. The van der Waals surface area contributed by atoms with Gasteiger partial charge in [0.1, 0.15) is 5.75 Å². The molecule has 8 heteroatoms. The van der Waals surface area contributed by atoms with Gasteiger partial charge in [-0.1, -0.05) is 17.3 Å². The predicted octanol–water partition coefficient (Wildman–Crippen LogP) is 0.791. The van der Waals surface area contributed by atoms with Crippen molar-refractivity contribution in [2.45, 2.75) is 31.6 Å². The molecule has 0 radical (unpaired) electrons. The molecule has 2 atom stereocenters. The molecule has 3 heterocycles. The Morgan fingerprint density at radius 2 is 2.22 bits per heavy atom. The van der Waals surface area contributed by atoms with Crippen LogP contribution < -0.4 is 10.1 Å². The van der Waals surface area contributed by atoms with Crippen LogP contribution in [-0.4, -0.2) is 65.2 Å². The quantitative estimate of drug-likeness (QED) is 0.809. The summed E-state index contributed by atoms with van der Waals surface area (Å²) in [6.45, 7) is 3.17. The molecule has 1 aromatic heterocycles. The van der Waals surface area contributed by atoms with Crippen LogP contribution in [0.4, 0.5) is 0 Å². The van der Waals surface area contributed by atoms with E-state index in [2.05, 4.69) is 20.5 Å². The average Bonchev–Trinajstić information content (AvgIpc) is 3.17. The number of fused-ring (bicyclic) bond motifs is 3. The van der Waals surface area contributed by atoms with Crippen LogP contribution in [0.15, 0.2) is 30.5 Å². The number of methoxy groups -OCH3 is 1. The van der Waals surface area contributed by atoms with Gasteiger partial charge in [0.05, 0.1) is 44.3 Å². The summed E-state index contributed by atoms with van der Waals surface area (Å²) in [5.74, 6) is 0.897. The summed E-state index contributed by atoms with van der Waals surface area (Å²) in [7, 11) is 1.65. The second kappa shape index (κ2) is 8.06. The van der Waals surface area contributed by atoms with Crippen LogP contribution >= 0.6 is 0 Å². The first-order chi connectivity index (χ1) is 13.2. The molecule has 1 amide bonds. The van der Waals surface area contributed by atoms with Crippen molar-refractivity contribution in [2.75, 3.05) is 33.3 Å². The van der Waals surface area contributed by atoms with E-state index in [1.807, 2.05) is 28.9 Å². The third-order valence-corrected chi connectivity index (χ3v) is 5.28. The Hall–Kier alpha value is -2.45. The van der Waals surface area contributed by atoms with Gasteiger partial charge in [-0.3, -0.25) is 9.69 Å². The lowest BCUT2D eigenvalue weighted by Crippen LogP contribution is -2.51. The maximum Gasteiger partial charge on any atom is 0.234 e. The van der Waals surface area contributed by atoms with Crippen molar-refractivity contribution in [3.05, 3.63) is 41.7 Å². The van der Waals surface area contributed by atoms with Gasteiger partial charge in [-0.15, -0.1) is 5.10 Å². The minimum Gasteiger partial charge on any atom is -0.497 e. The highest BCUT2D eigenvalue weighted by Crippen LogP contribution is 2.30. The minimum atomic E-state index is 0.0548. The molecule has 0 saturated carbocycles. The highest BCUT2D eigenvalue weighted by atomic mass is 16.5. The number of nitrogens with zero attached hydrogens (tertiary/aromatic N) is 4. The maximum absolute atomic E-state index is 12.3. The normalized spacial score (nSPS) is 22.0. The van der Waals surface area contributed by atoms with Gasteiger partial charge >= 0.3 is 0 Å². The molecule has 0 unspecified atom stereocenters. The number of ether oxygens (including phenoxy) is 2. The Morgan fingerprint density at radius 3 is 3.04 bits per heavy atom. The maximum atomic E-state index is 12.3. The molecule has 27 heavy (non-hydrogen) atoms. The number of aromatic nitrogens is 3. The van der Waals surface area contributed by atoms with Crippen LogP contribution in [0.3, 0.4) is 0 Å². The van der Waals surface area contributed by atoms with E-state index in [1.54, 1.807) is 13.3 Å².